The SMILES string of the molecule is COc1cc(/C=C/c2cc(C(=O)O)c3ccccc3n2)cc(OC)c1[O-]. The lowest BCUT2D eigenvalue weighted by Gasteiger charge is -2.17. The Balaban J connectivity index is 2.05. The maximum Gasteiger partial charge on any atom is 0.336 e. The van der Waals surface area contributed by atoms with Crippen molar-refractivity contribution in [3.05, 3.63) is 59.3 Å². The Morgan fingerprint density at radius 2 is 1.73 bits per heavy atom. The number of nitrogens with zero attached hydrogens (tertiary/aromatic N) is 1. The van der Waals surface area contributed by atoms with Crippen molar-refractivity contribution in [2.45, 2.75) is 0 Å². The summed E-state index contributed by atoms with van der Waals surface area (Å²) in [4.78, 5) is 16.0. The zero-order chi connectivity index (χ0) is 18.7. The van der Waals surface area contributed by atoms with Crippen molar-refractivity contribution >= 4 is 29.0 Å². The molecule has 132 valence electrons. The van der Waals surface area contributed by atoms with Gasteiger partial charge in [-0.2, -0.15) is 0 Å². The fourth-order valence-electron chi connectivity index (χ4n) is 2.64. The van der Waals surface area contributed by atoms with Gasteiger partial charge in [0.25, 0.3) is 0 Å². The molecule has 1 heterocycles. The Bertz CT molecular complexity index is 985. The number of aromatic nitrogens is 1. The molecule has 3 aromatic rings. The van der Waals surface area contributed by atoms with Gasteiger partial charge in [0.15, 0.2) is 0 Å². The summed E-state index contributed by atoms with van der Waals surface area (Å²) in [5.74, 6) is -1.01. The first-order valence-corrected chi connectivity index (χ1v) is 7.77. The summed E-state index contributed by atoms with van der Waals surface area (Å²) in [5.41, 5.74) is 1.94. The monoisotopic (exact) mass is 350 g/mol. The number of aromatic carboxylic acids is 1. The van der Waals surface area contributed by atoms with Crippen LogP contribution in [0.5, 0.6) is 17.2 Å². The predicted octanol–water partition coefficient (Wildman–Crippen LogP) is 3.19. The fourth-order valence-corrected chi connectivity index (χ4v) is 2.64. The molecule has 0 amide bonds. The lowest BCUT2D eigenvalue weighted by Crippen LogP contribution is -2.00. The van der Waals surface area contributed by atoms with Crippen LogP contribution < -0.4 is 14.6 Å². The van der Waals surface area contributed by atoms with Crippen molar-refractivity contribution in [2.24, 2.45) is 0 Å². The molecule has 0 unspecified atom stereocenters. The minimum absolute atomic E-state index is 0.168. The predicted molar refractivity (Wildman–Crippen MR) is 96.6 cm³/mol. The van der Waals surface area contributed by atoms with E-state index in [4.69, 9.17) is 9.47 Å². The van der Waals surface area contributed by atoms with Gasteiger partial charge in [-0.15, -0.1) is 0 Å². The zero-order valence-electron chi connectivity index (χ0n) is 14.2. The highest BCUT2D eigenvalue weighted by Gasteiger charge is 2.10. The molecule has 6 heteroatoms. The number of hydrogen-bond acceptors (Lipinski definition) is 5. The second-order valence-electron chi connectivity index (χ2n) is 5.50. The summed E-state index contributed by atoms with van der Waals surface area (Å²) in [6.45, 7) is 0. The smallest absolute Gasteiger partial charge is 0.336 e. The van der Waals surface area contributed by atoms with Gasteiger partial charge in [0.1, 0.15) is 11.5 Å². The molecule has 0 bridgehead atoms. The average Bonchev–Trinajstić information content (AvgIpc) is 2.66. The molecule has 0 aliphatic carbocycles. The Morgan fingerprint density at radius 3 is 2.35 bits per heavy atom. The summed E-state index contributed by atoms with van der Waals surface area (Å²) >= 11 is 0. The molecule has 26 heavy (non-hydrogen) atoms. The Morgan fingerprint density at radius 1 is 1.08 bits per heavy atom. The van der Waals surface area contributed by atoms with Crippen molar-refractivity contribution in [3.63, 3.8) is 0 Å². The van der Waals surface area contributed by atoms with Crippen LogP contribution in [0.2, 0.25) is 0 Å². The molecule has 0 radical (unpaired) electrons. The van der Waals surface area contributed by atoms with E-state index in [1.165, 1.54) is 20.3 Å². The second-order valence-corrected chi connectivity index (χ2v) is 5.50. The van der Waals surface area contributed by atoms with Crippen LogP contribution in [0.1, 0.15) is 21.6 Å². The molecule has 1 N–H and O–H groups in total. The first-order chi connectivity index (χ1) is 12.5. The molecular formula is C20H16NO5-. The fraction of sp³-hybridized carbons (Fsp3) is 0.100. The van der Waals surface area contributed by atoms with E-state index >= 15 is 0 Å². The van der Waals surface area contributed by atoms with Gasteiger partial charge < -0.3 is 19.7 Å². The van der Waals surface area contributed by atoms with Gasteiger partial charge >= 0.3 is 5.97 Å². The van der Waals surface area contributed by atoms with E-state index in [-0.39, 0.29) is 22.8 Å². The van der Waals surface area contributed by atoms with Crippen molar-refractivity contribution < 1.29 is 24.5 Å². The quantitative estimate of drug-likeness (QED) is 0.760. The van der Waals surface area contributed by atoms with Crippen LogP contribution >= 0.6 is 0 Å². The van der Waals surface area contributed by atoms with Crippen molar-refractivity contribution in [2.75, 3.05) is 14.2 Å². The van der Waals surface area contributed by atoms with Gasteiger partial charge in [0.2, 0.25) is 0 Å². The minimum atomic E-state index is -1.02. The number of benzene rings is 2. The Labute approximate surface area is 150 Å². The number of carbonyl (C=O) groups is 1. The van der Waals surface area contributed by atoms with E-state index in [1.54, 1.807) is 48.6 Å². The van der Waals surface area contributed by atoms with Gasteiger partial charge in [-0.05, 0) is 41.7 Å². The summed E-state index contributed by atoms with van der Waals surface area (Å²) in [7, 11) is 2.82. The normalized spacial score (nSPS) is 11.0. The van der Waals surface area contributed by atoms with Gasteiger partial charge in [-0.25, -0.2) is 9.78 Å². The van der Waals surface area contributed by atoms with Crippen LogP contribution in [-0.4, -0.2) is 30.3 Å². The number of hydrogen-bond donors (Lipinski definition) is 1. The van der Waals surface area contributed by atoms with E-state index < -0.39 is 5.97 Å². The molecule has 0 saturated carbocycles. The number of carboxylic acids is 1. The van der Waals surface area contributed by atoms with Crippen LogP contribution in [-0.2, 0) is 0 Å². The molecule has 1 aromatic heterocycles. The van der Waals surface area contributed by atoms with Gasteiger partial charge in [0, 0.05) is 5.39 Å². The molecule has 0 fully saturated rings. The van der Waals surface area contributed by atoms with E-state index in [2.05, 4.69) is 4.98 Å². The van der Waals surface area contributed by atoms with Gasteiger partial charge in [-0.1, -0.05) is 24.3 Å². The topological polar surface area (TPSA) is 91.7 Å². The third kappa shape index (κ3) is 3.30. The van der Waals surface area contributed by atoms with Crippen molar-refractivity contribution in [3.8, 4) is 17.2 Å². The minimum Gasteiger partial charge on any atom is -0.867 e. The van der Waals surface area contributed by atoms with E-state index in [9.17, 15) is 15.0 Å². The Kier molecular flexibility index (Phi) is 4.75. The second kappa shape index (κ2) is 7.14. The molecular weight excluding hydrogens is 334 g/mol. The van der Waals surface area contributed by atoms with E-state index in [0.717, 1.165) is 0 Å². The summed E-state index contributed by atoms with van der Waals surface area (Å²) in [6, 6.07) is 11.7. The molecule has 0 atom stereocenters. The van der Waals surface area contributed by atoms with Crippen LogP contribution in [0.3, 0.4) is 0 Å². The van der Waals surface area contributed by atoms with E-state index in [1.807, 2.05) is 0 Å². The highest BCUT2D eigenvalue weighted by Crippen LogP contribution is 2.35. The highest BCUT2D eigenvalue weighted by molar-refractivity contribution is 6.03. The summed E-state index contributed by atoms with van der Waals surface area (Å²) < 4.78 is 10.1. The zero-order valence-corrected chi connectivity index (χ0v) is 14.2. The maximum absolute atomic E-state index is 12.0. The molecule has 2 aromatic carbocycles. The Hall–Kier alpha value is -3.54. The molecule has 0 saturated heterocycles. The summed E-state index contributed by atoms with van der Waals surface area (Å²) in [5, 5.41) is 22.0. The number of ether oxygens (including phenoxy) is 2. The largest absolute Gasteiger partial charge is 0.867 e. The molecule has 0 aliphatic rings. The lowest BCUT2D eigenvalue weighted by atomic mass is 10.1. The number of carboxylic acid groups (broad SMARTS) is 1. The maximum atomic E-state index is 12.0. The van der Waals surface area contributed by atoms with Crippen LogP contribution in [0.4, 0.5) is 0 Å². The highest BCUT2D eigenvalue weighted by atomic mass is 16.5. The molecule has 0 spiro atoms. The van der Waals surface area contributed by atoms with Gasteiger partial charge in [0.05, 0.1) is 31.0 Å². The lowest BCUT2D eigenvalue weighted by molar-refractivity contribution is -0.271. The van der Waals surface area contributed by atoms with E-state index in [0.29, 0.717) is 22.2 Å². The van der Waals surface area contributed by atoms with Crippen LogP contribution in [0, 0.1) is 0 Å². The van der Waals surface area contributed by atoms with Crippen molar-refractivity contribution in [1.82, 2.24) is 4.98 Å². The first kappa shape index (κ1) is 17.3. The number of methoxy groups -OCH3 is 2. The number of pyridine rings is 1. The van der Waals surface area contributed by atoms with Crippen LogP contribution in [0.25, 0.3) is 23.1 Å². The average molecular weight is 350 g/mol. The van der Waals surface area contributed by atoms with Crippen molar-refractivity contribution in [1.29, 1.82) is 0 Å². The molecule has 0 aliphatic heterocycles. The number of para-hydroxylation sites is 1. The molecule has 6 nitrogen and oxygen atoms in total. The number of fused-ring (bicyclic) bond motifs is 1. The number of rotatable bonds is 5. The standard InChI is InChI=1S/C20H17NO5/c1-25-17-9-12(10-18(26-2)19(17)22)7-8-13-11-15(20(23)24)14-5-3-4-6-16(14)21-13/h3-11,22H,1-2H3,(H,23,24)/p-1/b8-7+. The van der Waals surface area contributed by atoms with Gasteiger partial charge in [-0.3, -0.25) is 0 Å². The third-order valence-corrected chi connectivity index (χ3v) is 3.90. The first-order valence-electron chi connectivity index (χ1n) is 7.77. The third-order valence-electron chi connectivity index (χ3n) is 3.90. The summed E-state index contributed by atoms with van der Waals surface area (Å²) in [6.07, 6.45) is 3.39. The van der Waals surface area contributed by atoms with Crippen LogP contribution in [0.15, 0.2) is 42.5 Å². The molecule has 3 rings (SSSR count).